The molecule has 172 valence electrons. The molecule has 0 aliphatic carbocycles. The van der Waals surface area contributed by atoms with E-state index >= 15 is 0 Å². The van der Waals surface area contributed by atoms with Crippen molar-refractivity contribution in [2.24, 2.45) is 0 Å². The largest absolute Gasteiger partial charge is 0.345 e. The molecule has 0 saturated carbocycles. The van der Waals surface area contributed by atoms with Crippen molar-refractivity contribution < 1.29 is 9.59 Å². The number of likely N-dealkylation sites (tertiary alicyclic amines) is 1. The molecule has 0 unspecified atom stereocenters. The van der Waals surface area contributed by atoms with Crippen LogP contribution in [0.15, 0.2) is 47.7 Å². The SMILES string of the molecule is CC(=O)c1c(C2CCN(C=O)CC2)nc2c(-c3ccc(-c4ccc(=O)[nH]c4)nc3)cnn2c1C. The number of aromatic nitrogens is 5. The molecule has 1 aliphatic heterocycles. The van der Waals surface area contributed by atoms with Crippen LogP contribution in [0.2, 0.25) is 0 Å². The molecule has 0 aromatic carbocycles. The molecule has 0 radical (unpaired) electrons. The van der Waals surface area contributed by atoms with E-state index in [4.69, 9.17) is 4.98 Å². The summed E-state index contributed by atoms with van der Waals surface area (Å²) in [6.07, 6.45) is 7.55. The Kier molecular flexibility index (Phi) is 5.53. The quantitative estimate of drug-likeness (QED) is 0.365. The molecule has 9 nitrogen and oxygen atoms in total. The van der Waals surface area contributed by atoms with Gasteiger partial charge in [0.15, 0.2) is 11.4 Å². The molecule has 1 aliphatic rings. The van der Waals surface area contributed by atoms with E-state index in [1.54, 1.807) is 41.0 Å². The molecular formula is C25H24N6O3. The van der Waals surface area contributed by atoms with E-state index in [1.165, 1.54) is 6.07 Å². The third-order valence-electron chi connectivity index (χ3n) is 6.48. The molecular weight excluding hydrogens is 432 g/mol. The lowest BCUT2D eigenvalue weighted by molar-refractivity contribution is -0.119. The fraction of sp³-hybridized carbons (Fsp3) is 0.280. The van der Waals surface area contributed by atoms with Gasteiger partial charge in [0.1, 0.15) is 0 Å². The van der Waals surface area contributed by atoms with E-state index in [-0.39, 0.29) is 17.3 Å². The first kappa shape index (κ1) is 21.7. The first-order valence-corrected chi connectivity index (χ1v) is 11.2. The van der Waals surface area contributed by atoms with Gasteiger partial charge in [0.25, 0.3) is 0 Å². The number of piperidine rings is 1. The average Bonchev–Trinajstić information content (AvgIpc) is 3.29. The van der Waals surface area contributed by atoms with Crippen LogP contribution in [-0.2, 0) is 4.79 Å². The Labute approximate surface area is 195 Å². The number of ketones is 1. The average molecular weight is 457 g/mol. The van der Waals surface area contributed by atoms with Crippen molar-refractivity contribution in [2.75, 3.05) is 13.1 Å². The summed E-state index contributed by atoms with van der Waals surface area (Å²) in [5.41, 5.74) is 5.89. The normalized spacial score (nSPS) is 14.5. The van der Waals surface area contributed by atoms with Crippen molar-refractivity contribution in [1.29, 1.82) is 0 Å². The molecule has 1 fully saturated rings. The fourth-order valence-corrected chi connectivity index (χ4v) is 4.66. The number of carbonyl (C=O) groups excluding carboxylic acids is 2. The monoisotopic (exact) mass is 456 g/mol. The van der Waals surface area contributed by atoms with Crippen LogP contribution in [-0.4, -0.2) is 54.7 Å². The van der Waals surface area contributed by atoms with E-state index in [9.17, 15) is 14.4 Å². The number of amides is 1. The molecule has 4 aromatic rings. The molecule has 9 heteroatoms. The summed E-state index contributed by atoms with van der Waals surface area (Å²) in [6, 6.07) is 7.03. The van der Waals surface area contributed by atoms with Crippen molar-refractivity contribution in [3.05, 3.63) is 70.2 Å². The highest BCUT2D eigenvalue weighted by molar-refractivity contribution is 5.97. The van der Waals surface area contributed by atoms with Gasteiger partial charge in [0.2, 0.25) is 12.0 Å². The Balaban J connectivity index is 1.57. The Morgan fingerprint density at radius 2 is 1.88 bits per heavy atom. The minimum absolute atomic E-state index is 0.0383. The number of nitrogens with one attached hydrogen (secondary N) is 1. The molecule has 5 heterocycles. The number of pyridine rings is 2. The number of Topliss-reactive ketones (excluding diaryl/α,β-unsaturated/α-hetero) is 1. The van der Waals surface area contributed by atoms with Crippen molar-refractivity contribution in [3.63, 3.8) is 0 Å². The summed E-state index contributed by atoms with van der Waals surface area (Å²) < 4.78 is 1.71. The molecule has 0 bridgehead atoms. The highest BCUT2D eigenvalue weighted by atomic mass is 16.1. The van der Waals surface area contributed by atoms with Crippen LogP contribution < -0.4 is 5.56 Å². The van der Waals surface area contributed by atoms with E-state index in [0.29, 0.717) is 24.3 Å². The highest BCUT2D eigenvalue weighted by Gasteiger charge is 2.28. The van der Waals surface area contributed by atoms with Gasteiger partial charge in [0, 0.05) is 54.2 Å². The van der Waals surface area contributed by atoms with Crippen LogP contribution in [0.5, 0.6) is 0 Å². The zero-order valence-corrected chi connectivity index (χ0v) is 19.0. The molecule has 1 N–H and O–H groups in total. The number of nitrogens with zero attached hydrogens (tertiary/aromatic N) is 5. The topological polar surface area (TPSA) is 113 Å². The summed E-state index contributed by atoms with van der Waals surface area (Å²) in [5.74, 6) is 0.0611. The van der Waals surface area contributed by atoms with E-state index in [2.05, 4.69) is 15.1 Å². The Morgan fingerprint density at radius 3 is 2.50 bits per heavy atom. The summed E-state index contributed by atoms with van der Waals surface area (Å²) in [6.45, 7) is 4.76. The van der Waals surface area contributed by atoms with Gasteiger partial charge in [-0.05, 0) is 38.8 Å². The molecule has 4 aromatic heterocycles. The number of hydrogen-bond acceptors (Lipinski definition) is 6. The van der Waals surface area contributed by atoms with Crippen LogP contribution in [0.4, 0.5) is 0 Å². The number of rotatable bonds is 5. The van der Waals surface area contributed by atoms with Crippen molar-refractivity contribution in [3.8, 4) is 22.4 Å². The Hall–Kier alpha value is -4.14. The van der Waals surface area contributed by atoms with Gasteiger partial charge in [-0.15, -0.1) is 0 Å². The first-order chi connectivity index (χ1) is 16.5. The first-order valence-electron chi connectivity index (χ1n) is 11.2. The van der Waals surface area contributed by atoms with Crippen molar-refractivity contribution in [1.82, 2.24) is 29.5 Å². The van der Waals surface area contributed by atoms with Gasteiger partial charge in [-0.3, -0.25) is 19.4 Å². The molecule has 1 saturated heterocycles. The second-order valence-electron chi connectivity index (χ2n) is 8.60. The predicted molar refractivity (Wildman–Crippen MR) is 127 cm³/mol. The van der Waals surface area contributed by atoms with Gasteiger partial charge in [-0.25, -0.2) is 9.50 Å². The predicted octanol–water partition coefficient (Wildman–Crippen LogP) is 2.99. The second-order valence-corrected chi connectivity index (χ2v) is 8.60. The maximum atomic E-state index is 12.6. The van der Waals surface area contributed by atoms with E-state index < -0.39 is 0 Å². The Morgan fingerprint density at radius 1 is 1.12 bits per heavy atom. The maximum Gasteiger partial charge on any atom is 0.247 e. The standard InChI is InChI=1S/C25H24N6O3/c1-15-23(16(2)33)24(17-7-9-30(14-32)10-8-17)29-25-20(13-28-31(15)25)18-3-5-21(26-11-18)19-4-6-22(34)27-12-19/h3-6,11-14,17H,7-10H2,1-2H3,(H,27,34). The van der Waals surface area contributed by atoms with Crippen LogP contribution in [0.25, 0.3) is 28.0 Å². The van der Waals surface area contributed by atoms with Crippen LogP contribution in [0, 0.1) is 6.92 Å². The zero-order chi connectivity index (χ0) is 23.8. The third kappa shape index (κ3) is 3.79. The lowest BCUT2D eigenvalue weighted by Crippen LogP contribution is -2.32. The number of hydrogen-bond donors (Lipinski definition) is 1. The summed E-state index contributed by atoms with van der Waals surface area (Å²) in [7, 11) is 0. The highest BCUT2D eigenvalue weighted by Crippen LogP contribution is 2.33. The minimum Gasteiger partial charge on any atom is -0.345 e. The van der Waals surface area contributed by atoms with Crippen LogP contribution in [0.3, 0.4) is 0 Å². The zero-order valence-electron chi connectivity index (χ0n) is 19.0. The second kappa shape index (κ2) is 8.66. The number of H-pyrrole nitrogens is 1. The number of aryl methyl sites for hydroxylation is 1. The van der Waals surface area contributed by atoms with Gasteiger partial charge >= 0.3 is 0 Å². The molecule has 5 rings (SSSR count). The van der Waals surface area contributed by atoms with Gasteiger partial charge < -0.3 is 9.88 Å². The third-order valence-corrected chi connectivity index (χ3v) is 6.48. The van der Waals surface area contributed by atoms with E-state index in [1.807, 2.05) is 19.1 Å². The number of fused-ring (bicyclic) bond motifs is 1. The van der Waals surface area contributed by atoms with Gasteiger partial charge in [-0.2, -0.15) is 5.10 Å². The Bertz CT molecular complexity index is 1430. The number of carbonyl (C=O) groups is 2. The lowest BCUT2D eigenvalue weighted by Gasteiger charge is -2.30. The van der Waals surface area contributed by atoms with E-state index in [0.717, 1.165) is 53.0 Å². The maximum absolute atomic E-state index is 12.6. The van der Waals surface area contributed by atoms with Crippen molar-refractivity contribution in [2.45, 2.75) is 32.6 Å². The molecule has 0 spiro atoms. The van der Waals surface area contributed by atoms with Gasteiger partial charge in [0.05, 0.1) is 28.8 Å². The molecule has 1 amide bonds. The number of aromatic amines is 1. The molecule has 34 heavy (non-hydrogen) atoms. The lowest BCUT2D eigenvalue weighted by atomic mass is 9.89. The summed E-state index contributed by atoms with van der Waals surface area (Å²) in [5, 5.41) is 4.52. The molecule has 0 atom stereocenters. The smallest absolute Gasteiger partial charge is 0.247 e. The summed E-state index contributed by atoms with van der Waals surface area (Å²) in [4.78, 5) is 49.0. The van der Waals surface area contributed by atoms with Crippen LogP contribution in [0.1, 0.15) is 47.4 Å². The summed E-state index contributed by atoms with van der Waals surface area (Å²) >= 11 is 0. The minimum atomic E-state index is -0.161. The van der Waals surface area contributed by atoms with Crippen molar-refractivity contribution >= 4 is 17.8 Å². The fourth-order valence-electron chi connectivity index (χ4n) is 4.66. The van der Waals surface area contributed by atoms with Gasteiger partial charge in [-0.1, -0.05) is 6.07 Å². The van der Waals surface area contributed by atoms with Crippen LogP contribution >= 0.6 is 0 Å².